The molecule has 0 fully saturated rings. The number of carbonyl (C=O) groups excluding carboxylic acids is 1. The number of rotatable bonds is 4. The topological polar surface area (TPSA) is 77.2 Å². The number of benzene rings is 2. The molecule has 3 N–H and O–H groups in total. The molecule has 1 aromatic heterocycles. The van der Waals surface area contributed by atoms with Crippen molar-refractivity contribution in [1.29, 1.82) is 0 Å². The van der Waals surface area contributed by atoms with Crippen molar-refractivity contribution in [3.8, 4) is 5.75 Å². The Labute approximate surface area is 127 Å². The monoisotopic (exact) mass is 293 g/mol. The van der Waals surface area contributed by atoms with Crippen molar-refractivity contribution in [2.45, 2.75) is 6.61 Å². The second kappa shape index (κ2) is 6.24. The first kappa shape index (κ1) is 14.0. The third-order valence-corrected chi connectivity index (χ3v) is 3.35. The number of fused-ring (bicyclic) bond motifs is 1. The van der Waals surface area contributed by atoms with E-state index in [1.54, 1.807) is 24.4 Å². The van der Waals surface area contributed by atoms with Crippen molar-refractivity contribution in [2.24, 2.45) is 5.84 Å². The fraction of sp³-hybridized carbons (Fsp3) is 0.0588. The zero-order chi connectivity index (χ0) is 15.4. The maximum atomic E-state index is 11.8. The summed E-state index contributed by atoms with van der Waals surface area (Å²) in [4.78, 5) is 16.1. The number of pyridine rings is 1. The summed E-state index contributed by atoms with van der Waals surface area (Å²) in [5.41, 5.74) is 4.32. The van der Waals surface area contributed by atoms with Crippen LogP contribution in [0.5, 0.6) is 5.75 Å². The lowest BCUT2D eigenvalue weighted by atomic mass is 10.1. The second-order valence-corrected chi connectivity index (χ2v) is 4.76. The molecule has 0 unspecified atom stereocenters. The Balaban J connectivity index is 1.96. The van der Waals surface area contributed by atoms with E-state index in [4.69, 9.17) is 10.6 Å². The molecule has 0 aliphatic carbocycles. The van der Waals surface area contributed by atoms with Crippen LogP contribution in [0.2, 0.25) is 0 Å². The van der Waals surface area contributed by atoms with Gasteiger partial charge in [0.2, 0.25) is 0 Å². The third kappa shape index (κ3) is 2.75. The summed E-state index contributed by atoms with van der Waals surface area (Å²) in [6.07, 6.45) is 1.67. The predicted molar refractivity (Wildman–Crippen MR) is 84.2 cm³/mol. The molecule has 0 atom stereocenters. The molecule has 0 aliphatic rings. The van der Waals surface area contributed by atoms with Gasteiger partial charge in [0.25, 0.3) is 5.91 Å². The number of aromatic nitrogens is 1. The zero-order valence-electron chi connectivity index (χ0n) is 11.8. The Kier molecular flexibility index (Phi) is 3.98. The molecule has 0 aliphatic heterocycles. The molecule has 0 saturated carbocycles. The molecule has 1 amide bonds. The van der Waals surface area contributed by atoms with Crippen LogP contribution in [0.25, 0.3) is 10.9 Å². The SMILES string of the molecule is NNC(=O)c1ccc(OCc2ccccc2)c2ncccc12. The van der Waals surface area contributed by atoms with Gasteiger partial charge < -0.3 is 4.74 Å². The van der Waals surface area contributed by atoms with Crippen molar-refractivity contribution in [3.05, 3.63) is 71.9 Å². The molecule has 1 heterocycles. The first-order valence-electron chi connectivity index (χ1n) is 6.85. The van der Waals surface area contributed by atoms with Crippen molar-refractivity contribution in [3.63, 3.8) is 0 Å². The fourth-order valence-electron chi connectivity index (χ4n) is 2.27. The highest BCUT2D eigenvalue weighted by Gasteiger charge is 2.13. The lowest BCUT2D eigenvalue weighted by molar-refractivity contribution is 0.0955. The molecule has 22 heavy (non-hydrogen) atoms. The highest BCUT2D eigenvalue weighted by molar-refractivity contribution is 6.07. The van der Waals surface area contributed by atoms with Crippen LogP contribution in [-0.2, 0) is 6.61 Å². The summed E-state index contributed by atoms with van der Waals surface area (Å²) in [7, 11) is 0. The van der Waals surface area contributed by atoms with Gasteiger partial charge >= 0.3 is 0 Å². The summed E-state index contributed by atoms with van der Waals surface area (Å²) >= 11 is 0. The van der Waals surface area contributed by atoms with Gasteiger partial charge in [-0.15, -0.1) is 0 Å². The van der Waals surface area contributed by atoms with Gasteiger partial charge in [-0.1, -0.05) is 36.4 Å². The first-order chi connectivity index (χ1) is 10.8. The van der Waals surface area contributed by atoms with Crippen LogP contribution >= 0.6 is 0 Å². The van der Waals surface area contributed by atoms with Gasteiger partial charge in [-0.2, -0.15) is 0 Å². The Morgan fingerprint density at radius 3 is 2.68 bits per heavy atom. The molecule has 5 heteroatoms. The predicted octanol–water partition coefficient (Wildman–Crippen LogP) is 2.42. The zero-order valence-corrected chi connectivity index (χ0v) is 11.8. The second-order valence-electron chi connectivity index (χ2n) is 4.76. The highest BCUT2D eigenvalue weighted by atomic mass is 16.5. The summed E-state index contributed by atoms with van der Waals surface area (Å²) in [5, 5.41) is 0.705. The number of nitrogens with zero attached hydrogens (tertiary/aromatic N) is 1. The average molecular weight is 293 g/mol. The van der Waals surface area contributed by atoms with Crippen molar-refractivity contribution >= 4 is 16.8 Å². The van der Waals surface area contributed by atoms with E-state index in [9.17, 15) is 4.79 Å². The fourth-order valence-corrected chi connectivity index (χ4v) is 2.27. The number of nitrogens with one attached hydrogen (secondary N) is 1. The third-order valence-electron chi connectivity index (χ3n) is 3.35. The number of ether oxygens (including phenoxy) is 1. The van der Waals surface area contributed by atoms with Gasteiger partial charge in [0, 0.05) is 11.6 Å². The van der Waals surface area contributed by atoms with E-state index in [1.165, 1.54) is 0 Å². The van der Waals surface area contributed by atoms with Crippen molar-refractivity contribution < 1.29 is 9.53 Å². The van der Waals surface area contributed by atoms with Crippen molar-refractivity contribution in [1.82, 2.24) is 10.4 Å². The molecular weight excluding hydrogens is 278 g/mol. The molecule has 3 rings (SSSR count). The van der Waals surface area contributed by atoms with Crippen LogP contribution in [0.15, 0.2) is 60.8 Å². The Morgan fingerprint density at radius 2 is 1.91 bits per heavy atom. The maximum absolute atomic E-state index is 11.8. The molecule has 0 saturated heterocycles. The average Bonchev–Trinajstić information content (AvgIpc) is 2.60. The minimum atomic E-state index is -0.354. The number of carbonyl (C=O) groups is 1. The van der Waals surface area contributed by atoms with Crippen LogP contribution in [0, 0.1) is 0 Å². The molecule has 110 valence electrons. The molecule has 3 aromatic rings. The van der Waals surface area contributed by atoms with Crippen LogP contribution in [0.4, 0.5) is 0 Å². The standard InChI is InChI=1S/C17H15N3O2/c18-20-17(21)14-8-9-15(16-13(14)7-4-10-19-16)22-11-12-5-2-1-3-6-12/h1-10H,11,18H2,(H,20,21). The summed E-state index contributed by atoms with van der Waals surface area (Å²) in [6, 6.07) is 16.9. The minimum absolute atomic E-state index is 0.354. The Bertz CT molecular complexity index is 803. The number of nitrogen functional groups attached to an aromatic ring is 1. The molecule has 5 nitrogen and oxygen atoms in total. The quantitative estimate of drug-likeness (QED) is 0.440. The molecule has 0 bridgehead atoms. The van der Waals surface area contributed by atoms with Crippen molar-refractivity contribution in [2.75, 3.05) is 0 Å². The van der Waals surface area contributed by atoms with E-state index in [0.29, 0.717) is 28.8 Å². The van der Waals surface area contributed by atoms with E-state index < -0.39 is 0 Å². The number of nitrogens with two attached hydrogens (primary N) is 1. The van der Waals surface area contributed by atoms with Crippen LogP contribution in [0.3, 0.4) is 0 Å². The normalized spacial score (nSPS) is 10.4. The Morgan fingerprint density at radius 1 is 1.09 bits per heavy atom. The van der Waals surface area contributed by atoms with Crippen LogP contribution in [0.1, 0.15) is 15.9 Å². The molecule has 0 spiro atoms. The highest BCUT2D eigenvalue weighted by Crippen LogP contribution is 2.27. The van der Waals surface area contributed by atoms with Gasteiger partial charge in [-0.3, -0.25) is 15.2 Å². The van der Waals surface area contributed by atoms with Crippen LogP contribution < -0.4 is 16.0 Å². The Hall–Kier alpha value is -2.92. The van der Waals surface area contributed by atoms with Gasteiger partial charge in [0.05, 0.1) is 5.56 Å². The summed E-state index contributed by atoms with van der Waals surface area (Å²) in [6.45, 7) is 0.439. The van der Waals surface area contributed by atoms with Crippen LogP contribution in [-0.4, -0.2) is 10.9 Å². The molecular formula is C17H15N3O2. The summed E-state index contributed by atoms with van der Waals surface area (Å²) in [5.74, 6) is 5.49. The van der Waals surface area contributed by atoms with Gasteiger partial charge in [-0.05, 0) is 23.8 Å². The molecule has 0 radical (unpaired) electrons. The lowest BCUT2D eigenvalue weighted by Crippen LogP contribution is -2.30. The number of amides is 1. The maximum Gasteiger partial charge on any atom is 0.265 e. The van der Waals surface area contributed by atoms with Gasteiger partial charge in [0.1, 0.15) is 17.9 Å². The first-order valence-corrected chi connectivity index (χ1v) is 6.85. The minimum Gasteiger partial charge on any atom is -0.487 e. The van der Waals surface area contributed by atoms with E-state index in [0.717, 1.165) is 5.56 Å². The van der Waals surface area contributed by atoms with E-state index in [2.05, 4.69) is 10.4 Å². The summed E-state index contributed by atoms with van der Waals surface area (Å²) < 4.78 is 5.85. The number of hydrogen-bond acceptors (Lipinski definition) is 4. The van der Waals surface area contributed by atoms with E-state index in [1.807, 2.05) is 36.4 Å². The van der Waals surface area contributed by atoms with Gasteiger partial charge in [0.15, 0.2) is 0 Å². The smallest absolute Gasteiger partial charge is 0.265 e. The number of hydrazine groups is 1. The largest absolute Gasteiger partial charge is 0.487 e. The molecule has 2 aromatic carbocycles. The van der Waals surface area contributed by atoms with Gasteiger partial charge in [-0.25, -0.2) is 5.84 Å². The lowest BCUT2D eigenvalue weighted by Gasteiger charge is -2.11. The van der Waals surface area contributed by atoms with E-state index in [-0.39, 0.29) is 5.91 Å². The number of hydrogen-bond donors (Lipinski definition) is 2. The van der Waals surface area contributed by atoms with E-state index >= 15 is 0 Å².